The van der Waals surface area contributed by atoms with Gasteiger partial charge in [-0.15, -0.1) is 5.10 Å². The Morgan fingerprint density at radius 3 is 2.84 bits per heavy atom. The zero-order chi connectivity index (χ0) is 17.2. The number of rotatable bonds is 4. The van der Waals surface area contributed by atoms with Crippen molar-refractivity contribution in [1.29, 1.82) is 0 Å². The molecule has 1 aliphatic rings. The second kappa shape index (κ2) is 6.67. The maximum absolute atomic E-state index is 12.2. The van der Waals surface area contributed by atoms with Crippen molar-refractivity contribution < 1.29 is 4.79 Å². The lowest BCUT2D eigenvalue weighted by atomic mass is 10.0. The Morgan fingerprint density at radius 2 is 2.04 bits per heavy atom. The third-order valence-electron chi connectivity index (χ3n) is 4.88. The van der Waals surface area contributed by atoms with Gasteiger partial charge in [-0.2, -0.15) is 4.98 Å². The van der Waals surface area contributed by atoms with Crippen LogP contribution in [0, 0.1) is 12.8 Å². The number of carbonyl (C=O) groups excluding carboxylic acids is 1. The first-order valence-corrected chi connectivity index (χ1v) is 8.91. The fraction of sp³-hybridized carbons (Fsp3) is 0.350. The van der Waals surface area contributed by atoms with Crippen molar-refractivity contribution in [3.63, 3.8) is 0 Å². The number of amides is 1. The summed E-state index contributed by atoms with van der Waals surface area (Å²) in [6, 6.07) is 12.3. The summed E-state index contributed by atoms with van der Waals surface area (Å²) in [4.78, 5) is 16.6. The van der Waals surface area contributed by atoms with Gasteiger partial charge in [-0.3, -0.25) is 10.1 Å². The van der Waals surface area contributed by atoms with Crippen molar-refractivity contribution in [3.8, 4) is 11.1 Å². The third kappa shape index (κ3) is 3.55. The van der Waals surface area contributed by atoms with Gasteiger partial charge >= 0.3 is 0 Å². The van der Waals surface area contributed by atoms with Gasteiger partial charge in [0.2, 0.25) is 11.9 Å². The number of hydrogen-bond donors (Lipinski definition) is 1. The normalized spacial score (nSPS) is 14.9. The number of carbonyl (C=O) groups is 1. The summed E-state index contributed by atoms with van der Waals surface area (Å²) >= 11 is 0. The van der Waals surface area contributed by atoms with Crippen LogP contribution in [0.4, 0.5) is 5.95 Å². The van der Waals surface area contributed by atoms with Gasteiger partial charge in [0.15, 0.2) is 5.65 Å². The number of pyridine rings is 1. The molecule has 0 unspecified atom stereocenters. The summed E-state index contributed by atoms with van der Waals surface area (Å²) in [5, 5.41) is 7.25. The van der Waals surface area contributed by atoms with E-state index in [0.29, 0.717) is 18.3 Å². The molecule has 1 aliphatic carbocycles. The van der Waals surface area contributed by atoms with E-state index in [4.69, 9.17) is 0 Å². The van der Waals surface area contributed by atoms with Crippen LogP contribution < -0.4 is 5.32 Å². The Bertz CT molecular complexity index is 909. The van der Waals surface area contributed by atoms with Crippen LogP contribution in [0.5, 0.6) is 0 Å². The van der Waals surface area contributed by atoms with E-state index in [9.17, 15) is 4.79 Å². The number of anilines is 1. The highest BCUT2D eigenvalue weighted by atomic mass is 16.1. The minimum Gasteiger partial charge on any atom is -0.293 e. The SMILES string of the molecule is Cc1cccc(-c2ccc3nc(NC(=O)CC4CCCC4)nn3c2)c1. The molecule has 0 aliphatic heterocycles. The van der Waals surface area contributed by atoms with Crippen molar-refractivity contribution in [3.05, 3.63) is 48.2 Å². The molecule has 2 heterocycles. The lowest BCUT2D eigenvalue weighted by molar-refractivity contribution is -0.117. The monoisotopic (exact) mass is 334 g/mol. The zero-order valence-electron chi connectivity index (χ0n) is 14.4. The Balaban J connectivity index is 1.52. The number of aryl methyl sites for hydroxylation is 1. The van der Waals surface area contributed by atoms with Crippen LogP contribution in [-0.2, 0) is 4.79 Å². The second-order valence-electron chi connectivity index (χ2n) is 6.93. The molecular weight excluding hydrogens is 312 g/mol. The quantitative estimate of drug-likeness (QED) is 0.777. The lowest BCUT2D eigenvalue weighted by Crippen LogP contribution is -2.16. The fourth-order valence-corrected chi connectivity index (χ4v) is 3.58. The molecule has 4 rings (SSSR count). The molecular formula is C20H22N4O. The van der Waals surface area contributed by atoms with Crippen LogP contribution >= 0.6 is 0 Å². The van der Waals surface area contributed by atoms with E-state index in [2.05, 4.69) is 40.5 Å². The average molecular weight is 334 g/mol. The number of hydrogen-bond acceptors (Lipinski definition) is 3. The van der Waals surface area contributed by atoms with Gasteiger partial charge in [0.05, 0.1) is 0 Å². The van der Waals surface area contributed by atoms with Gasteiger partial charge in [0.1, 0.15) is 0 Å². The molecule has 5 heteroatoms. The molecule has 3 aromatic rings. The largest absolute Gasteiger partial charge is 0.293 e. The van der Waals surface area contributed by atoms with Crippen LogP contribution in [-0.4, -0.2) is 20.5 Å². The Kier molecular flexibility index (Phi) is 4.22. The molecule has 0 atom stereocenters. The van der Waals surface area contributed by atoms with Gasteiger partial charge < -0.3 is 0 Å². The zero-order valence-corrected chi connectivity index (χ0v) is 14.4. The summed E-state index contributed by atoms with van der Waals surface area (Å²) in [6.45, 7) is 2.08. The van der Waals surface area contributed by atoms with Gasteiger partial charge in [-0.25, -0.2) is 4.52 Å². The minimum absolute atomic E-state index is 0.0155. The first-order valence-electron chi connectivity index (χ1n) is 8.91. The van der Waals surface area contributed by atoms with E-state index >= 15 is 0 Å². The van der Waals surface area contributed by atoms with Gasteiger partial charge in [0, 0.05) is 18.2 Å². The van der Waals surface area contributed by atoms with E-state index in [1.54, 1.807) is 4.52 Å². The van der Waals surface area contributed by atoms with Crippen LogP contribution in [0.3, 0.4) is 0 Å². The second-order valence-corrected chi connectivity index (χ2v) is 6.93. The fourth-order valence-electron chi connectivity index (χ4n) is 3.58. The summed E-state index contributed by atoms with van der Waals surface area (Å²) in [6.07, 6.45) is 7.32. The van der Waals surface area contributed by atoms with E-state index in [-0.39, 0.29) is 5.91 Å². The van der Waals surface area contributed by atoms with Crippen LogP contribution in [0.2, 0.25) is 0 Å². The number of fused-ring (bicyclic) bond motifs is 1. The van der Waals surface area contributed by atoms with Crippen molar-refractivity contribution in [1.82, 2.24) is 14.6 Å². The van der Waals surface area contributed by atoms with Crippen LogP contribution in [0.1, 0.15) is 37.7 Å². The molecule has 0 spiro atoms. The molecule has 1 N–H and O–H groups in total. The Morgan fingerprint density at radius 1 is 1.20 bits per heavy atom. The highest BCUT2D eigenvalue weighted by Gasteiger charge is 2.19. The number of benzene rings is 1. The van der Waals surface area contributed by atoms with E-state index in [1.807, 2.05) is 24.4 Å². The average Bonchev–Trinajstić information content (AvgIpc) is 3.22. The van der Waals surface area contributed by atoms with Crippen molar-refractivity contribution in [2.45, 2.75) is 39.0 Å². The van der Waals surface area contributed by atoms with Crippen LogP contribution in [0.15, 0.2) is 42.6 Å². The summed E-state index contributed by atoms with van der Waals surface area (Å²) in [5.74, 6) is 0.913. The molecule has 128 valence electrons. The lowest BCUT2D eigenvalue weighted by Gasteiger charge is -2.06. The smallest absolute Gasteiger partial charge is 0.249 e. The van der Waals surface area contributed by atoms with Gasteiger partial charge in [-0.05, 0) is 43.4 Å². The molecule has 5 nitrogen and oxygen atoms in total. The predicted octanol–water partition coefficient (Wildman–Crippen LogP) is 4.22. The van der Waals surface area contributed by atoms with E-state index < -0.39 is 0 Å². The molecule has 1 aromatic carbocycles. The number of aromatic nitrogens is 3. The molecule has 1 amide bonds. The molecule has 1 saturated carbocycles. The first-order chi connectivity index (χ1) is 12.2. The van der Waals surface area contributed by atoms with Crippen molar-refractivity contribution in [2.75, 3.05) is 5.32 Å². The first kappa shape index (κ1) is 15.8. The summed E-state index contributed by atoms with van der Waals surface area (Å²) in [5.41, 5.74) is 4.16. The number of nitrogens with one attached hydrogen (secondary N) is 1. The van der Waals surface area contributed by atoms with Crippen LogP contribution in [0.25, 0.3) is 16.8 Å². The highest BCUT2D eigenvalue weighted by Crippen LogP contribution is 2.27. The molecule has 2 aromatic heterocycles. The third-order valence-corrected chi connectivity index (χ3v) is 4.88. The molecule has 0 saturated heterocycles. The molecule has 0 radical (unpaired) electrons. The Labute approximate surface area is 147 Å². The topological polar surface area (TPSA) is 59.3 Å². The molecule has 25 heavy (non-hydrogen) atoms. The summed E-state index contributed by atoms with van der Waals surface area (Å²) in [7, 11) is 0. The standard InChI is InChI=1S/C20H22N4O/c1-14-5-4-8-16(11-14)17-9-10-18-21-20(23-24(18)13-17)22-19(25)12-15-6-2-3-7-15/h4-5,8-11,13,15H,2-3,6-7,12H2,1H3,(H,22,23,25). The minimum atomic E-state index is 0.0155. The Hall–Kier alpha value is -2.69. The van der Waals surface area contributed by atoms with E-state index in [1.165, 1.54) is 18.4 Å². The number of nitrogens with zero attached hydrogens (tertiary/aromatic N) is 3. The highest BCUT2D eigenvalue weighted by molar-refractivity contribution is 5.89. The van der Waals surface area contributed by atoms with Gasteiger partial charge in [-0.1, -0.05) is 42.7 Å². The van der Waals surface area contributed by atoms with E-state index in [0.717, 1.165) is 29.6 Å². The maximum atomic E-state index is 12.2. The van der Waals surface area contributed by atoms with Crippen molar-refractivity contribution >= 4 is 17.5 Å². The predicted molar refractivity (Wildman–Crippen MR) is 98.4 cm³/mol. The maximum Gasteiger partial charge on any atom is 0.249 e. The van der Waals surface area contributed by atoms with Gasteiger partial charge in [0.25, 0.3) is 0 Å². The molecule has 1 fully saturated rings. The molecule has 0 bridgehead atoms. The summed E-state index contributed by atoms with van der Waals surface area (Å²) < 4.78 is 1.73. The van der Waals surface area contributed by atoms with Crippen molar-refractivity contribution in [2.24, 2.45) is 5.92 Å².